The van der Waals surface area contributed by atoms with Gasteiger partial charge in [-0.05, 0) is 49.6 Å². The topological polar surface area (TPSA) is 73.2 Å². The Balaban J connectivity index is 1.50. The zero-order valence-corrected chi connectivity index (χ0v) is 18.2. The second kappa shape index (κ2) is 9.14. The van der Waals surface area contributed by atoms with Gasteiger partial charge in [-0.15, -0.1) is 11.3 Å². The van der Waals surface area contributed by atoms with Crippen molar-refractivity contribution in [3.05, 3.63) is 87.3 Å². The van der Waals surface area contributed by atoms with Gasteiger partial charge in [0.2, 0.25) is 0 Å². The van der Waals surface area contributed by atoms with E-state index < -0.39 is 0 Å². The molecule has 7 heteroatoms. The van der Waals surface area contributed by atoms with E-state index in [9.17, 15) is 9.59 Å². The predicted molar refractivity (Wildman–Crippen MR) is 124 cm³/mol. The van der Waals surface area contributed by atoms with E-state index in [0.717, 1.165) is 17.0 Å². The highest BCUT2D eigenvalue weighted by Gasteiger charge is 2.20. The molecule has 0 spiro atoms. The average Bonchev–Trinajstić information content (AvgIpc) is 3.12. The van der Waals surface area contributed by atoms with Crippen LogP contribution in [0.1, 0.15) is 27.2 Å². The molecule has 0 aliphatic rings. The van der Waals surface area contributed by atoms with Crippen molar-refractivity contribution in [2.45, 2.75) is 26.8 Å². The molecule has 0 aliphatic carbocycles. The number of rotatable bonds is 7. The van der Waals surface area contributed by atoms with Crippen LogP contribution in [-0.2, 0) is 6.54 Å². The van der Waals surface area contributed by atoms with Gasteiger partial charge in [-0.1, -0.05) is 36.4 Å². The Labute approximate surface area is 184 Å². The van der Waals surface area contributed by atoms with Crippen LogP contribution in [0.4, 0.5) is 5.69 Å². The number of amides is 1. The predicted octanol–water partition coefficient (Wildman–Crippen LogP) is 4.80. The number of carbonyl (C=O) groups excluding carboxylic acids is 1. The summed E-state index contributed by atoms with van der Waals surface area (Å²) in [7, 11) is 0. The Morgan fingerprint density at radius 1 is 1.10 bits per heavy atom. The largest absolute Gasteiger partial charge is 0.494 e. The second-order valence-electron chi connectivity index (χ2n) is 7.26. The van der Waals surface area contributed by atoms with Crippen LogP contribution in [0, 0.1) is 13.8 Å². The summed E-state index contributed by atoms with van der Waals surface area (Å²) in [5.74, 6) is 0.582. The van der Waals surface area contributed by atoms with Crippen molar-refractivity contribution in [1.82, 2.24) is 9.55 Å². The van der Waals surface area contributed by atoms with Crippen molar-refractivity contribution in [2.75, 3.05) is 11.9 Å². The highest BCUT2D eigenvalue weighted by molar-refractivity contribution is 7.20. The number of thiophene rings is 1. The van der Waals surface area contributed by atoms with E-state index in [2.05, 4.69) is 10.3 Å². The van der Waals surface area contributed by atoms with E-state index >= 15 is 0 Å². The fourth-order valence-electron chi connectivity index (χ4n) is 3.37. The van der Waals surface area contributed by atoms with Gasteiger partial charge in [0.15, 0.2) is 0 Å². The minimum Gasteiger partial charge on any atom is -0.494 e. The third-order valence-electron chi connectivity index (χ3n) is 5.07. The quantitative estimate of drug-likeness (QED) is 0.425. The van der Waals surface area contributed by atoms with Crippen LogP contribution < -0.4 is 15.6 Å². The molecule has 0 bridgehead atoms. The van der Waals surface area contributed by atoms with Gasteiger partial charge in [-0.3, -0.25) is 14.2 Å². The molecule has 4 rings (SSSR count). The molecular weight excluding hydrogens is 410 g/mol. The summed E-state index contributed by atoms with van der Waals surface area (Å²) in [6.45, 7) is 4.74. The number of aryl methyl sites for hydroxylation is 3. The van der Waals surface area contributed by atoms with Crippen molar-refractivity contribution in [3.63, 3.8) is 0 Å². The van der Waals surface area contributed by atoms with Crippen LogP contribution in [0.2, 0.25) is 0 Å². The van der Waals surface area contributed by atoms with Crippen LogP contribution in [0.3, 0.4) is 0 Å². The Morgan fingerprint density at radius 2 is 1.84 bits per heavy atom. The first kappa shape index (κ1) is 20.8. The maximum atomic E-state index is 13.0. The molecule has 31 heavy (non-hydrogen) atoms. The van der Waals surface area contributed by atoms with E-state index in [1.165, 1.54) is 11.3 Å². The van der Waals surface area contributed by atoms with Crippen molar-refractivity contribution in [3.8, 4) is 5.75 Å². The molecule has 0 saturated carbocycles. The first-order chi connectivity index (χ1) is 15.0. The molecular formula is C24H23N3O3S. The van der Waals surface area contributed by atoms with Gasteiger partial charge in [0.05, 0.1) is 23.2 Å². The van der Waals surface area contributed by atoms with Gasteiger partial charge in [0.25, 0.3) is 11.5 Å². The first-order valence-corrected chi connectivity index (χ1v) is 10.9. The summed E-state index contributed by atoms with van der Waals surface area (Å²) in [6, 6.07) is 17.2. The lowest BCUT2D eigenvalue weighted by molar-refractivity contribution is 0.103. The van der Waals surface area contributed by atoms with E-state index in [1.54, 1.807) is 17.8 Å². The summed E-state index contributed by atoms with van der Waals surface area (Å²) < 4.78 is 7.28. The molecule has 0 radical (unpaired) electrons. The number of benzene rings is 2. The lowest BCUT2D eigenvalue weighted by Gasteiger charge is -2.08. The average molecular weight is 434 g/mol. The SMILES string of the molecule is Cc1ccccc1NC(=O)c1sc2ncn(CCCOc3ccccc3)c(=O)c2c1C. The number of hydrogen-bond acceptors (Lipinski definition) is 5. The van der Waals surface area contributed by atoms with E-state index in [1.807, 2.05) is 61.5 Å². The summed E-state index contributed by atoms with van der Waals surface area (Å²) in [4.78, 5) is 31.4. The van der Waals surface area contributed by atoms with Crippen LogP contribution in [0.15, 0.2) is 65.7 Å². The van der Waals surface area contributed by atoms with Gasteiger partial charge in [0.1, 0.15) is 10.6 Å². The molecule has 2 aromatic carbocycles. The van der Waals surface area contributed by atoms with Gasteiger partial charge < -0.3 is 10.1 Å². The fraction of sp³-hybridized carbons (Fsp3) is 0.208. The molecule has 158 valence electrons. The lowest BCUT2D eigenvalue weighted by atomic mass is 10.2. The fourth-order valence-corrected chi connectivity index (χ4v) is 4.40. The number of hydrogen-bond donors (Lipinski definition) is 1. The molecule has 1 N–H and O–H groups in total. The molecule has 0 aliphatic heterocycles. The Morgan fingerprint density at radius 3 is 2.61 bits per heavy atom. The smallest absolute Gasteiger partial charge is 0.266 e. The zero-order chi connectivity index (χ0) is 21.8. The monoisotopic (exact) mass is 433 g/mol. The summed E-state index contributed by atoms with van der Waals surface area (Å²) in [6.07, 6.45) is 2.22. The summed E-state index contributed by atoms with van der Waals surface area (Å²) in [5, 5.41) is 3.44. The maximum Gasteiger partial charge on any atom is 0.266 e. The number of nitrogens with zero attached hydrogens (tertiary/aromatic N) is 2. The standard InChI is InChI=1S/C24H23N3O3S/c1-16-9-6-7-12-19(16)26-22(28)21-17(2)20-23(31-21)25-15-27(24(20)29)13-8-14-30-18-10-4-3-5-11-18/h3-7,9-12,15H,8,13-14H2,1-2H3,(H,26,28). The Kier molecular flexibility index (Phi) is 6.13. The Hall–Kier alpha value is -3.45. The molecule has 0 atom stereocenters. The number of aromatic nitrogens is 2. The van der Waals surface area contributed by atoms with Gasteiger partial charge in [-0.2, -0.15) is 0 Å². The highest BCUT2D eigenvalue weighted by atomic mass is 32.1. The first-order valence-electron chi connectivity index (χ1n) is 10.1. The highest BCUT2D eigenvalue weighted by Crippen LogP contribution is 2.28. The molecule has 0 saturated heterocycles. The van der Waals surface area contributed by atoms with Crippen molar-refractivity contribution >= 4 is 33.1 Å². The van der Waals surface area contributed by atoms with E-state index in [-0.39, 0.29) is 11.5 Å². The minimum atomic E-state index is -0.225. The number of anilines is 1. The second-order valence-corrected chi connectivity index (χ2v) is 8.26. The zero-order valence-electron chi connectivity index (χ0n) is 17.4. The number of carbonyl (C=O) groups is 1. The van der Waals surface area contributed by atoms with Crippen LogP contribution >= 0.6 is 11.3 Å². The minimum absolute atomic E-state index is 0.131. The molecule has 0 fully saturated rings. The third kappa shape index (κ3) is 4.51. The van der Waals surface area contributed by atoms with Crippen molar-refractivity contribution < 1.29 is 9.53 Å². The molecule has 1 amide bonds. The third-order valence-corrected chi connectivity index (χ3v) is 6.27. The van der Waals surface area contributed by atoms with Gasteiger partial charge >= 0.3 is 0 Å². The molecule has 4 aromatic rings. The molecule has 6 nitrogen and oxygen atoms in total. The normalized spacial score (nSPS) is 10.9. The number of fused-ring (bicyclic) bond motifs is 1. The van der Waals surface area contributed by atoms with Crippen LogP contribution in [0.5, 0.6) is 5.75 Å². The van der Waals surface area contributed by atoms with E-state index in [4.69, 9.17) is 4.74 Å². The summed E-state index contributed by atoms with van der Waals surface area (Å²) in [5.41, 5.74) is 2.27. The Bertz CT molecular complexity index is 1280. The number of nitrogens with one attached hydrogen (secondary N) is 1. The lowest BCUT2D eigenvalue weighted by Crippen LogP contribution is -2.21. The van der Waals surface area contributed by atoms with Crippen LogP contribution in [0.25, 0.3) is 10.2 Å². The van der Waals surface area contributed by atoms with Crippen molar-refractivity contribution in [2.24, 2.45) is 0 Å². The molecule has 0 unspecified atom stereocenters. The molecule has 2 aromatic heterocycles. The summed E-state index contributed by atoms with van der Waals surface area (Å²) >= 11 is 1.24. The maximum absolute atomic E-state index is 13.0. The van der Waals surface area contributed by atoms with Crippen LogP contribution in [-0.4, -0.2) is 22.1 Å². The van der Waals surface area contributed by atoms with Gasteiger partial charge in [0, 0.05) is 12.2 Å². The van der Waals surface area contributed by atoms with Crippen molar-refractivity contribution in [1.29, 1.82) is 0 Å². The van der Waals surface area contributed by atoms with E-state index in [0.29, 0.717) is 40.2 Å². The van der Waals surface area contributed by atoms with Gasteiger partial charge in [-0.25, -0.2) is 4.98 Å². The molecule has 2 heterocycles. The number of ether oxygens (including phenoxy) is 1. The number of para-hydroxylation sites is 2.